The van der Waals surface area contributed by atoms with Crippen LogP contribution in [0.4, 0.5) is 0 Å². The van der Waals surface area contributed by atoms with E-state index in [1.165, 1.54) is 26.0 Å². The summed E-state index contributed by atoms with van der Waals surface area (Å²) in [5, 5.41) is 0. The molecule has 4 heteroatoms. The summed E-state index contributed by atoms with van der Waals surface area (Å²) in [5.74, 6) is -2.93. The molecule has 0 fully saturated rings. The smallest absolute Gasteiger partial charge is 0.336 e. The van der Waals surface area contributed by atoms with Crippen LogP contribution in [0, 0.1) is 0 Å². The second-order valence-electron chi connectivity index (χ2n) is 3.85. The minimum Gasteiger partial charge on any atom is -0.415 e. The first-order chi connectivity index (χ1) is 8.28. The van der Waals surface area contributed by atoms with Crippen LogP contribution in [0.25, 0.3) is 0 Å². The first-order valence-electron chi connectivity index (χ1n) is 5.30. The molecule has 0 spiro atoms. The molecule has 0 saturated heterocycles. The molecule has 0 rings (SSSR count). The molecule has 0 radical (unpaired) electrons. The minimum absolute atomic E-state index is 0.0918. The molecule has 0 aromatic rings. The first kappa shape index (κ1) is 15.9. The standard InChI is InChI=1S/C14H18O4/c1-7-9-14(8-2,17-12(15)10(3)4)18-13(16)11(5)6/h7-8H,1-3,5,9H2,4,6H3. The van der Waals surface area contributed by atoms with Gasteiger partial charge in [-0.15, -0.1) is 6.58 Å². The van der Waals surface area contributed by atoms with Crippen molar-refractivity contribution in [1.29, 1.82) is 0 Å². The van der Waals surface area contributed by atoms with Crippen molar-refractivity contribution in [2.45, 2.75) is 26.1 Å². The van der Waals surface area contributed by atoms with Gasteiger partial charge in [0.1, 0.15) is 0 Å². The fourth-order valence-corrected chi connectivity index (χ4v) is 0.960. The molecule has 0 aromatic carbocycles. The van der Waals surface area contributed by atoms with Gasteiger partial charge in [0.15, 0.2) is 0 Å². The number of ether oxygens (including phenoxy) is 2. The van der Waals surface area contributed by atoms with E-state index >= 15 is 0 Å². The molecule has 0 aliphatic rings. The van der Waals surface area contributed by atoms with Gasteiger partial charge >= 0.3 is 11.9 Å². The quantitative estimate of drug-likeness (QED) is 0.302. The number of esters is 2. The van der Waals surface area contributed by atoms with E-state index < -0.39 is 17.7 Å². The van der Waals surface area contributed by atoms with Crippen LogP contribution in [0.5, 0.6) is 0 Å². The van der Waals surface area contributed by atoms with E-state index in [9.17, 15) is 9.59 Å². The lowest BCUT2D eigenvalue weighted by Crippen LogP contribution is -2.38. The normalized spacial score (nSPS) is 10.1. The highest BCUT2D eigenvalue weighted by atomic mass is 16.7. The van der Waals surface area contributed by atoms with Crippen LogP contribution in [-0.4, -0.2) is 17.7 Å². The highest BCUT2D eigenvalue weighted by Crippen LogP contribution is 2.23. The third-order valence-electron chi connectivity index (χ3n) is 1.97. The van der Waals surface area contributed by atoms with Gasteiger partial charge in [0, 0.05) is 17.6 Å². The molecule has 0 amide bonds. The van der Waals surface area contributed by atoms with Crippen molar-refractivity contribution < 1.29 is 19.1 Å². The van der Waals surface area contributed by atoms with Crippen LogP contribution in [0.1, 0.15) is 20.3 Å². The third-order valence-corrected chi connectivity index (χ3v) is 1.97. The predicted molar refractivity (Wildman–Crippen MR) is 69.6 cm³/mol. The van der Waals surface area contributed by atoms with Crippen molar-refractivity contribution in [3.8, 4) is 0 Å². The van der Waals surface area contributed by atoms with Gasteiger partial charge in [0.25, 0.3) is 5.79 Å². The molecule has 0 atom stereocenters. The maximum Gasteiger partial charge on any atom is 0.336 e. The van der Waals surface area contributed by atoms with Gasteiger partial charge in [-0.3, -0.25) is 0 Å². The highest BCUT2D eigenvalue weighted by Gasteiger charge is 2.34. The average molecular weight is 250 g/mol. The molecule has 0 aliphatic heterocycles. The van der Waals surface area contributed by atoms with Gasteiger partial charge < -0.3 is 9.47 Å². The van der Waals surface area contributed by atoms with E-state index in [-0.39, 0.29) is 17.6 Å². The fourth-order valence-electron chi connectivity index (χ4n) is 0.960. The number of rotatable bonds is 7. The van der Waals surface area contributed by atoms with E-state index in [0.717, 1.165) is 0 Å². The molecule has 0 bridgehead atoms. The van der Waals surface area contributed by atoms with Crippen LogP contribution in [0.15, 0.2) is 49.6 Å². The average Bonchev–Trinajstić information content (AvgIpc) is 2.28. The van der Waals surface area contributed by atoms with E-state index in [0.29, 0.717) is 0 Å². The van der Waals surface area contributed by atoms with E-state index in [2.05, 4.69) is 26.3 Å². The summed E-state index contributed by atoms with van der Waals surface area (Å²) in [7, 11) is 0. The highest BCUT2D eigenvalue weighted by molar-refractivity contribution is 5.89. The summed E-state index contributed by atoms with van der Waals surface area (Å²) in [6, 6.07) is 0. The summed E-state index contributed by atoms with van der Waals surface area (Å²) >= 11 is 0. The maximum atomic E-state index is 11.5. The van der Waals surface area contributed by atoms with Crippen molar-refractivity contribution in [3.05, 3.63) is 49.6 Å². The van der Waals surface area contributed by atoms with Crippen LogP contribution in [0.2, 0.25) is 0 Å². The molecular weight excluding hydrogens is 232 g/mol. The largest absolute Gasteiger partial charge is 0.415 e. The lowest BCUT2D eigenvalue weighted by Gasteiger charge is -2.28. The van der Waals surface area contributed by atoms with E-state index in [1.54, 1.807) is 0 Å². The lowest BCUT2D eigenvalue weighted by molar-refractivity contribution is -0.205. The second kappa shape index (κ2) is 6.59. The van der Waals surface area contributed by atoms with Gasteiger partial charge in [-0.25, -0.2) is 9.59 Å². The number of hydrogen-bond acceptors (Lipinski definition) is 4. The van der Waals surface area contributed by atoms with E-state index in [4.69, 9.17) is 9.47 Å². The Balaban J connectivity index is 5.15. The van der Waals surface area contributed by atoms with Crippen molar-refractivity contribution in [2.24, 2.45) is 0 Å². The maximum absolute atomic E-state index is 11.5. The van der Waals surface area contributed by atoms with Crippen molar-refractivity contribution in [2.75, 3.05) is 0 Å². The first-order valence-corrected chi connectivity index (χ1v) is 5.30. The Morgan fingerprint density at radius 1 is 1.06 bits per heavy atom. The molecule has 18 heavy (non-hydrogen) atoms. The Morgan fingerprint density at radius 3 is 1.67 bits per heavy atom. The number of carbonyl (C=O) groups is 2. The summed E-state index contributed by atoms with van der Waals surface area (Å²) in [6.07, 6.45) is 2.78. The van der Waals surface area contributed by atoms with Crippen molar-refractivity contribution in [1.82, 2.24) is 0 Å². The molecule has 0 aromatic heterocycles. The molecule has 0 unspecified atom stereocenters. The molecular formula is C14H18O4. The van der Waals surface area contributed by atoms with Gasteiger partial charge in [0.2, 0.25) is 0 Å². The van der Waals surface area contributed by atoms with Crippen molar-refractivity contribution >= 4 is 11.9 Å². The molecule has 0 aliphatic carbocycles. The van der Waals surface area contributed by atoms with Crippen LogP contribution < -0.4 is 0 Å². The Bertz CT molecular complexity index is 376. The fraction of sp³-hybridized carbons (Fsp3) is 0.286. The van der Waals surface area contributed by atoms with Gasteiger partial charge in [-0.2, -0.15) is 0 Å². The second-order valence-corrected chi connectivity index (χ2v) is 3.85. The van der Waals surface area contributed by atoms with Crippen LogP contribution in [0.3, 0.4) is 0 Å². The summed E-state index contributed by atoms with van der Waals surface area (Å²) in [4.78, 5) is 23.1. The Kier molecular flexibility index (Phi) is 5.82. The predicted octanol–water partition coefficient (Wildman–Crippen LogP) is 2.68. The molecule has 0 heterocycles. The molecule has 4 nitrogen and oxygen atoms in total. The molecule has 0 saturated carbocycles. The van der Waals surface area contributed by atoms with Gasteiger partial charge in [-0.05, 0) is 19.9 Å². The molecule has 98 valence electrons. The number of hydrogen-bond donors (Lipinski definition) is 0. The zero-order chi connectivity index (χ0) is 14.3. The van der Waals surface area contributed by atoms with Gasteiger partial charge in [-0.1, -0.05) is 25.8 Å². The molecule has 0 N–H and O–H groups in total. The number of carbonyl (C=O) groups excluding carboxylic acids is 2. The van der Waals surface area contributed by atoms with E-state index in [1.807, 2.05) is 0 Å². The van der Waals surface area contributed by atoms with Crippen LogP contribution in [-0.2, 0) is 19.1 Å². The summed E-state index contributed by atoms with van der Waals surface area (Å²) in [6.45, 7) is 16.9. The van der Waals surface area contributed by atoms with Crippen molar-refractivity contribution in [3.63, 3.8) is 0 Å². The third kappa shape index (κ3) is 4.41. The Hall–Kier alpha value is -2.10. The minimum atomic E-state index is -1.58. The Morgan fingerprint density at radius 2 is 1.44 bits per heavy atom. The van der Waals surface area contributed by atoms with Crippen LogP contribution >= 0.6 is 0 Å². The summed E-state index contributed by atoms with van der Waals surface area (Å²) in [5.41, 5.74) is 0.383. The lowest BCUT2D eigenvalue weighted by atomic mass is 10.1. The van der Waals surface area contributed by atoms with Gasteiger partial charge in [0.05, 0.1) is 0 Å². The summed E-state index contributed by atoms with van der Waals surface area (Å²) < 4.78 is 10.2. The zero-order valence-electron chi connectivity index (χ0n) is 10.8. The Labute approximate surface area is 107 Å². The topological polar surface area (TPSA) is 52.6 Å². The zero-order valence-corrected chi connectivity index (χ0v) is 10.8. The monoisotopic (exact) mass is 250 g/mol. The SMILES string of the molecule is C=CCC(C=C)(OC(=O)C(=C)C)OC(=O)C(=C)C.